The van der Waals surface area contributed by atoms with Gasteiger partial charge in [-0.3, -0.25) is 19.1 Å². The van der Waals surface area contributed by atoms with E-state index in [1.54, 1.807) is 31.4 Å². The molecule has 0 fully saturated rings. The third kappa shape index (κ3) is 6.03. The van der Waals surface area contributed by atoms with Crippen molar-refractivity contribution in [2.45, 2.75) is 13.0 Å². The molecule has 0 radical (unpaired) electrons. The number of methoxy groups -OCH3 is 1. The first-order chi connectivity index (χ1) is 15.9. The van der Waals surface area contributed by atoms with E-state index in [2.05, 4.69) is 10.3 Å². The number of nitrogens with one attached hydrogen (secondary N) is 2. The van der Waals surface area contributed by atoms with Crippen molar-refractivity contribution in [3.05, 3.63) is 86.0 Å². The number of halogens is 1. The second-order valence-electron chi connectivity index (χ2n) is 7.29. The molecule has 3 aromatic rings. The molecule has 4 N–H and O–H groups in total. The smallest absolute Gasteiger partial charge is 0.330 e. The van der Waals surface area contributed by atoms with E-state index in [0.717, 1.165) is 5.56 Å². The third-order valence-electron chi connectivity index (χ3n) is 5.00. The van der Waals surface area contributed by atoms with Crippen LogP contribution in [-0.2, 0) is 16.1 Å². The van der Waals surface area contributed by atoms with Crippen molar-refractivity contribution in [1.82, 2.24) is 9.55 Å². The number of hydrogen-bond acceptors (Lipinski definition) is 6. The van der Waals surface area contributed by atoms with Gasteiger partial charge >= 0.3 is 5.69 Å². The minimum atomic E-state index is -0.731. The Morgan fingerprint density at radius 2 is 1.85 bits per heavy atom. The number of benzene rings is 2. The zero-order valence-electron chi connectivity index (χ0n) is 18.2. The minimum Gasteiger partial charge on any atom is -0.385 e. The number of H-pyrrole nitrogens is 1. The maximum atomic E-state index is 13.2. The number of carbonyl (C=O) groups excluding carboxylic acids is 1. The normalized spacial score (nSPS) is 10.7. The highest BCUT2D eigenvalue weighted by Gasteiger charge is 2.24. The van der Waals surface area contributed by atoms with Crippen molar-refractivity contribution in [3.63, 3.8) is 0 Å². The van der Waals surface area contributed by atoms with Crippen LogP contribution in [0.15, 0.2) is 64.2 Å². The van der Waals surface area contributed by atoms with Gasteiger partial charge in [0.15, 0.2) is 5.69 Å². The molecule has 1 heterocycles. The van der Waals surface area contributed by atoms with Crippen molar-refractivity contribution in [2.24, 2.45) is 0 Å². The van der Waals surface area contributed by atoms with Crippen LogP contribution in [0.2, 0.25) is 5.02 Å². The summed E-state index contributed by atoms with van der Waals surface area (Å²) in [5.41, 5.74) is 6.23. The van der Waals surface area contributed by atoms with Crippen molar-refractivity contribution >= 4 is 34.7 Å². The van der Waals surface area contributed by atoms with Crippen LogP contribution in [0.25, 0.3) is 0 Å². The number of carbonyl (C=O) groups is 1. The lowest BCUT2D eigenvalue weighted by Gasteiger charge is -2.25. The number of anilines is 3. The SMILES string of the molecule is COCCCN(C(=O)CNc1ccccc1Cl)c1c(N)n(Cc2ccccc2)c(=O)[nH]c1=O. The third-order valence-corrected chi connectivity index (χ3v) is 5.33. The Labute approximate surface area is 195 Å². The molecule has 10 heteroatoms. The zero-order chi connectivity index (χ0) is 23.8. The lowest BCUT2D eigenvalue weighted by molar-refractivity contribution is -0.117. The number of ether oxygens (including phenoxy) is 1. The summed E-state index contributed by atoms with van der Waals surface area (Å²) >= 11 is 6.16. The predicted molar refractivity (Wildman–Crippen MR) is 130 cm³/mol. The molecule has 33 heavy (non-hydrogen) atoms. The molecule has 0 spiro atoms. The summed E-state index contributed by atoms with van der Waals surface area (Å²) in [6.07, 6.45) is 0.463. The van der Waals surface area contributed by atoms with Crippen molar-refractivity contribution in [3.8, 4) is 0 Å². The predicted octanol–water partition coefficient (Wildman–Crippen LogP) is 2.30. The van der Waals surface area contributed by atoms with E-state index in [9.17, 15) is 14.4 Å². The Morgan fingerprint density at radius 3 is 2.55 bits per heavy atom. The molecule has 1 aromatic heterocycles. The summed E-state index contributed by atoms with van der Waals surface area (Å²) in [4.78, 5) is 42.0. The van der Waals surface area contributed by atoms with Gasteiger partial charge in [0, 0.05) is 20.3 Å². The average Bonchev–Trinajstić information content (AvgIpc) is 2.80. The molecule has 3 rings (SSSR count). The molecule has 9 nitrogen and oxygen atoms in total. The molecule has 0 aliphatic rings. The molecule has 0 aliphatic carbocycles. The summed E-state index contributed by atoms with van der Waals surface area (Å²) in [5.74, 6) is -0.496. The largest absolute Gasteiger partial charge is 0.385 e. The Kier molecular flexibility index (Phi) is 8.28. The average molecular weight is 472 g/mol. The van der Waals surface area contributed by atoms with E-state index in [1.165, 1.54) is 9.47 Å². The molecular formula is C23H26ClN5O4. The Balaban J connectivity index is 1.94. The van der Waals surface area contributed by atoms with Crippen LogP contribution < -0.4 is 27.2 Å². The number of nitrogen functional groups attached to an aromatic ring is 1. The molecule has 0 unspecified atom stereocenters. The molecular weight excluding hydrogens is 446 g/mol. The van der Waals surface area contributed by atoms with Crippen molar-refractivity contribution in [1.29, 1.82) is 0 Å². The Bertz CT molecular complexity index is 1210. The van der Waals surface area contributed by atoms with E-state index in [1.807, 2.05) is 30.3 Å². The number of rotatable bonds is 10. The topological polar surface area (TPSA) is 122 Å². The van der Waals surface area contributed by atoms with Gasteiger partial charge in [0.05, 0.1) is 23.8 Å². The summed E-state index contributed by atoms with van der Waals surface area (Å²) in [6.45, 7) is 0.567. The number of nitrogens with zero attached hydrogens (tertiary/aromatic N) is 2. The van der Waals surface area contributed by atoms with E-state index in [-0.39, 0.29) is 31.1 Å². The number of aromatic nitrogens is 2. The number of amides is 1. The maximum Gasteiger partial charge on any atom is 0.330 e. The van der Waals surface area contributed by atoms with Gasteiger partial charge in [-0.25, -0.2) is 4.79 Å². The van der Waals surface area contributed by atoms with E-state index >= 15 is 0 Å². The molecule has 0 aliphatic heterocycles. The highest BCUT2D eigenvalue weighted by atomic mass is 35.5. The molecule has 2 aromatic carbocycles. The van der Waals surface area contributed by atoms with Crippen LogP contribution in [0.1, 0.15) is 12.0 Å². The van der Waals surface area contributed by atoms with Gasteiger partial charge in [-0.15, -0.1) is 0 Å². The fourth-order valence-electron chi connectivity index (χ4n) is 3.36. The van der Waals surface area contributed by atoms with Crippen LogP contribution in [0.5, 0.6) is 0 Å². The van der Waals surface area contributed by atoms with Crippen LogP contribution in [-0.4, -0.2) is 42.3 Å². The standard InChI is InChI=1S/C23H26ClN5O4/c1-33-13-7-12-28(19(30)14-26-18-11-6-5-10-17(18)24)20-21(25)29(23(32)27-22(20)31)15-16-8-3-2-4-9-16/h2-6,8-11,26H,7,12-15,25H2,1H3,(H,27,31,32). The fourth-order valence-corrected chi connectivity index (χ4v) is 3.56. The second-order valence-corrected chi connectivity index (χ2v) is 7.70. The second kappa shape index (κ2) is 11.3. The lowest BCUT2D eigenvalue weighted by atomic mass is 10.2. The van der Waals surface area contributed by atoms with Gasteiger partial charge in [0.25, 0.3) is 5.56 Å². The summed E-state index contributed by atoms with van der Waals surface area (Å²) in [7, 11) is 1.55. The molecule has 0 saturated carbocycles. The van der Waals surface area contributed by atoms with E-state index in [0.29, 0.717) is 23.7 Å². The molecule has 0 atom stereocenters. The molecule has 0 bridgehead atoms. The van der Waals surface area contributed by atoms with Crippen LogP contribution in [0.4, 0.5) is 17.2 Å². The Morgan fingerprint density at radius 1 is 1.15 bits per heavy atom. The van der Waals surface area contributed by atoms with E-state index in [4.69, 9.17) is 22.1 Å². The Hall–Kier alpha value is -3.56. The molecule has 1 amide bonds. The monoisotopic (exact) mass is 471 g/mol. The fraction of sp³-hybridized carbons (Fsp3) is 0.261. The van der Waals surface area contributed by atoms with Crippen LogP contribution in [0.3, 0.4) is 0 Å². The maximum absolute atomic E-state index is 13.2. The quantitative estimate of drug-likeness (QED) is 0.390. The zero-order valence-corrected chi connectivity index (χ0v) is 19.0. The van der Waals surface area contributed by atoms with Gasteiger partial charge in [0.2, 0.25) is 5.91 Å². The first kappa shape index (κ1) is 24.1. The number of nitrogens with two attached hydrogens (primary N) is 1. The van der Waals surface area contributed by atoms with Crippen LogP contribution >= 0.6 is 11.6 Å². The van der Waals surface area contributed by atoms with Crippen molar-refractivity contribution < 1.29 is 9.53 Å². The van der Waals surface area contributed by atoms with Gasteiger partial charge in [0.1, 0.15) is 5.82 Å². The van der Waals surface area contributed by atoms with Gasteiger partial charge in [-0.2, -0.15) is 0 Å². The lowest BCUT2D eigenvalue weighted by Crippen LogP contribution is -2.44. The van der Waals surface area contributed by atoms with Crippen molar-refractivity contribution in [2.75, 3.05) is 42.8 Å². The first-order valence-electron chi connectivity index (χ1n) is 10.4. The summed E-state index contributed by atoms with van der Waals surface area (Å²) in [5, 5.41) is 3.45. The molecule has 174 valence electrons. The van der Waals surface area contributed by atoms with Gasteiger partial charge < -0.3 is 20.7 Å². The summed E-state index contributed by atoms with van der Waals surface area (Å²) in [6, 6.07) is 16.2. The number of para-hydroxylation sites is 1. The minimum absolute atomic E-state index is 0.0763. The van der Waals surface area contributed by atoms with Gasteiger partial charge in [-0.1, -0.05) is 54.1 Å². The highest BCUT2D eigenvalue weighted by molar-refractivity contribution is 6.33. The highest BCUT2D eigenvalue weighted by Crippen LogP contribution is 2.22. The van der Waals surface area contributed by atoms with Gasteiger partial charge in [-0.05, 0) is 24.1 Å². The number of aromatic amines is 1. The summed E-state index contributed by atoms with van der Waals surface area (Å²) < 4.78 is 6.33. The van der Waals surface area contributed by atoms with E-state index < -0.39 is 17.2 Å². The first-order valence-corrected chi connectivity index (χ1v) is 10.7. The molecule has 0 saturated heterocycles. The number of hydrogen-bond donors (Lipinski definition) is 3. The van der Waals surface area contributed by atoms with Crippen LogP contribution in [0, 0.1) is 0 Å².